The number of hydrogen-bond acceptors (Lipinski definition) is 2. The van der Waals surface area contributed by atoms with Gasteiger partial charge < -0.3 is 9.47 Å². The molecule has 0 N–H and O–H groups in total. The van der Waals surface area contributed by atoms with Crippen molar-refractivity contribution < 1.29 is 9.47 Å². The molecule has 3 aromatic carbocycles. The first kappa shape index (κ1) is 18.1. The summed E-state index contributed by atoms with van der Waals surface area (Å²) in [5.41, 5.74) is 1.50. The first-order valence-corrected chi connectivity index (χ1v) is 8.96. The van der Waals surface area contributed by atoms with Gasteiger partial charge in [0, 0.05) is 0 Å². The zero-order valence-corrected chi connectivity index (χ0v) is 15.9. The fourth-order valence-corrected chi connectivity index (χ4v) is 2.96. The Hall–Kier alpha value is -2.74. The van der Waals surface area contributed by atoms with Gasteiger partial charge in [0.25, 0.3) is 0 Å². The number of hydrogen-bond donors (Lipinski definition) is 0. The fraction of sp³-hybridized carbons (Fsp3) is 0.250. The Bertz CT molecular complexity index is 747. The molecule has 26 heavy (non-hydrogen) atoms. The highest BCUT2D eigenvalue weighted by Crippen LogP contribution is 2.31. The van der Waals surface area contributed by atoms with Gasteiger partial charge in [-0.15, -0.1) is 0 Å². The minimum Gasteiger partial charge on any atom is -0.483 e. The van der Waals surface area contributed by atoms with E-state index in [2.05, 4.69) is 52.0 Å². The van der Waals surface area contributed by atoms with Crippen LogP contribution in [0.4, 0.5) is 0 Å². The van der Waals surface area contributed by atoms with E-state index < -0.39 is 11.2 Å². The molecule has 134 valence electrons. The van der Waals surface area contributed by atoms with Crippen molar-refractivity contribution in [2.45, 2.75) is 38.9 Å². The molecule has 0 saturated heterocycles. The lowest BCUT2D eigenvalue weighted by Crippen LogP contribution is -2.26. The van der Waals surface area contributed by atoms with Crippen molar-refractivity contribution in [2.75, 3.05) is 0 Å². The minimum atomic E-state index is -0.396. The van der Waals surface area contributed by atoms with Gasteiger partial charge >= 0.3 is 0 Å². The third-order valence-corrected chi connectivity index (χ3v) is 4.51. The average molecular weight is 346 g/mol. The predicted octanol–water partition coefficient (Wildman–Crippen LogP) is 6.31. The molecular weight excluding hydrogens is 320 g/mol. The van der Waals surface area contributed by atoms with E-state index in [1.165, 1.54) is 0 Å². The summed E-state index contributed by atoms with van der Waals surface area (Å²) in [4.78, 5) is 0. The highest BCUT2D eigenvalue weighted by atomic mass is 16.5. The maximum absolute atomic E-state index is 6.20. The Morgan fingerprint density at radius 1 is 0.462 bits per heavy atom. The maximum atomic E-state index is 6.20. The lowest BCUT2D eigenvalue weighted by atomic mass is 9.98. The van der Waals surface area contributed by atoms with E-state index >= 15 is 0 Å². The molecule has 0 aromatic heterocycles. The molecule has 0 aliphatic rings. The minimum absolute atomic E-state index is 0.396. The Balaban J connectivity index is 1.71. The zero-order valence-electron chi connectivity index (χ0n) is 15.9. The largest absolute Gasteiger partial charge is 0.483 e. The first-order chi connectivity index (χ1) is 12.4. The molecule has 0 atom stereocenters. The van der Waals surface area contributed by atoms with Gasteiger partial charge in [-0.1, -0.05) is 60.7 Å². The van der Waals surface area contributed by atoms with Gasteiger partial charge in [-0.05, 0) is 63.1 Å². The van der Waals surface area contributed by atoms with Gasteiger partial charge in [0.1, 0.15) is 22.7 Å². The fourth-order valence-electron chi connectivity index (χ4n) is 2.96. The molecule has 0 heterocycles. The van der Waals surface area contributed by atoms with Crippen LogP contribution < -0.4 is 9.47 Å². The van der Waals surface area contributed by atoms with Crippen LogP contribution in [-0.2, 0) is 11.2 Å². The topological polar surface area (TPSA) is 18.5 Å². The molecular formula is C24H26O2. The smallest absolute Gasteiger partial charge is 0.128 e. The molecule has 2 heteroatoms. The highest BCUT2D eigenvalue weighted by molar-refractivity contribution is 5.34. The van der Waals surface area contributed by atoms with Crippen LogP contribution in [0, 0.1) is 0 Å². The van der Waals surface area contributed by atoms with Crippen LogP contribution in [0.25, 0.3) is 0 Å². The highest BCUT2D eigenvalue weighted by Gasteiger charge is 2.24. The molecule has 0 unspecified atom stereocenters. The molecule has 0 aliphatic carbocycles. The van der Waals surface area contributed by atoms with Crippen LogP contribution in [0.3, 0.4) is 0 Å². The quantitative estimate of drug-likeness (QED) is 0.520. The van der Waals surface area contributed by atoms with E-state index in [1.807, 2.05) is 60.7 Å². The van der Waals surface area contributed by atoms with Gasteiger partial charge in [-0.25, -0.2) is 0 Å². The van der Waals surface area contributed by atoms with Crippen molar-refractivity contribution in [3.8, 4) is 11.5 Å². The van der Waals surface area contributed by atoms with Gasteiger partial charge in [0.05, 0.1) is 0 Å². The van der Waals surface area contributed by atoms with E-state index in [9.17, 15) is 0 Å². The summed E-state index contributed by atoms with van der Waals surface area (Å²) >= 11 is 0. The Kier molecular flexibility index (Phi) is 5.03. The van der Waals surface area contributed by atoms with Crippen molar-refractivity contribution in [2.24, 2.45) is 0 Å². The van der Waals surface area contributed by atoms with Crippen molar-refractivity contribution in [1.82, 2.24) is 0 Å². The summed E-state index contributed by atoms with van der Waals surface area (Å²) < 4.78 is 12.4. The molecule has 0 amide bonds. The third kappa shape index (κ3) is 4.26. The van der Waals surface area contributed by atoms with Crippen LogP contribution in [0.5, 0.6) is 11.5 Å². The normalized spacial score (nSPS) is 11.8. The molecule has 3 rings (SSSR count). The van der Waals surface area contributed by atoms with Gasteiger partial charge in [0.2, 0.25) is 0 Å². The molecule has 0 radical (unpaired) electrons. The summed E-state index contributed by atoms with van der Waals surface area (Å²) in [6.45, 7) is 8.30. The molecule has 2 nitrogen and oxygen atoms in total. The molecule has 0 bridgehead atoms. The molecule has 0 fully saturated rings. The summed E-state index contributed by atoms with van der Waals surface area (Å²) in [6, 6.07) is 28.3. The SMILES string of the molecule is CC(C)(Oc1ccc(OC(C)(C)c2ccccc2)cc1)c1ccccc1. The monoisotopic (exact) mass is 346 g/mol. The second-order valence-electron chi connectivity index (χ2n) is 7.43. The number of rotatable bonds is 6. The summed E-state index contributed by atoms with van der Waals surface area (Å²) in [5.74, 6) is 1.65. The van der Waals surface area contributed by atoms with E-state index in [4.69, 9.17) is 9.47 Å². The lowest BCUT2D eigenvalue weighted by molar-refractivity contribution is 0.103. The van der Waals surface area contributed by atoms with E-state index in [0.717, 1.165) is 22.6 Å². The first-order valence-electron chi connectivity index (χ1n) is 8.96. The molecule has 0 saturated carbocycles. The second kappa shape index (κ2) is 7.25. The van der Waals surface area contributed by atoms with E-state index in [1.54, 1.807) is 0 Å². The zero-order chi connectivity index (χ0) is 18.6. The molecule has 0 spiro atoms. The second-order valence-corrected chi connectivity index (χ2v) is 7.43. The third-order valence-electron chi connectivity index (χ3n) is 4.51. The predicted molar refractivity (Wildman–Crippen MR) is 107 cm³/mol. The van der Waals surface area contributed by atoms with Crippen LogP contribution >= 0.6 is 0 Å². The Morgan fingerprint density at radius 3 is 1.08 bits per heavy atom. The maximum Gasteiger partial charge on any atom is 0.128 e. The van der Waals surface area contributed by atoms with Crippen molar-refractivity contribution >= 4 is 0 Å². The van der Waals surface area contributed by atoms with Crippen LogP contribution in [0.2, 0.25) is 0 Å². The molecule has 3 aromatic rings. The van der Waals surface area contributed by atoms with Crippen molar-refractivity contribution in [3.63, 3.8) is 0 Å². The van der Waals surface area contributed by atoms with E-state index in [0.29, 0.717) is 0 Å². The lowest BCUT2D eigenvalue weighted by Gasteiger charge is -2.28. The van der Waals surface area contributed by atoms with Crippen molar-refractivity contribution in [3.05, 3.63) is 96.1 Å². The van der Waals surface area contributed by atoms with Crippen molar-refractivity contribution in [1.29, 1.82) is 0 Å². The summed E-state index contributed by atoms with van der Waals surface area (Å²) in [6.07, 6.45) is 0. The van der Waals surface area contributed by atoms with Crippen LogP contribution in [0.1, 0.15) is 38.8 Å². The summed E-state index contributed by atoms with van der Waals surface area (Å²) in [7, 11) is 0. The Morgan fingerprint density at radius 2 is 0.769 bits per heavy atom. The van der Waals surface area contributed by atoms with Crippen LogP contribution in [0.15, 0.2) is 84.9 Å². The van der Waals surface area contributed by atoms with Gasteiger partial charge in [-0.2, -0.15) is 0 Å². The molecule has 0 aliphatic heterocycles. The average Bonchev–Trinajstić information content (AvgIpc) is 2.64. The number of benzene rings is 3. The van der Waals surface area contributed by atoms with Gasteiger partial charge in [-0.3, -0.25) is 0 Å². The Labute approximate surface area is 156 Å². The van der Waals surface area contributed by atoms with Crippen LogP contribution in [-0.4, -0.2) is 0 Å². The van der Waals surface area contributed by atoms with Gasteiger partial charge in [0.15, 0.2) is 0 Å². The number of ether oxygens (including phenoxy) is 2. The standard InChI is InChI=1S/C24H26O2/c1-23(2,19-11-7-5-8-12-19)25-21-15-17-22(18-16-21)26-24(3,4)20-13-9-6-10-14-20/h5-18H,1-4H3. The summed E-state index contributed by atoms with van der Waals surface area (Å²) in [5, 5.41) is 0. The van der Waals surface area contributed by atoms with E-state index in [-0.39, 0.29) is 0 Å².